The molecular formula is C25H25ClN4O2. The van der Waals surface area contributed by atoms with Crippen molar-refractivity contribution >= 4 is 17.5 Å². The van der Waals surface area contributed by atoms with Crippen molar-refractivity contribution in [2.75, 3.05) is 32.8 Å². The highest BCUT2D eigenvalue weighted by molar-refractivity contribution is 6.30. The topological polar surface area (TPSA) is 97.9 Å². The van der Waals surface area contributed by atoms with E-state index >= 15 is 0 Å². The molecule has 0 radical (unpaired) electrons. The van der Waals surface area contributed by atoms with Crippen LogP contribution in [0.5, 0.6) is 0 Å². The van der Waals surface area contributed by atoms with E-state index in [0.29, 0.717) is 49.7 Å². The Bertz CT molecular complexity index is 1070. The van der Waals surface area contributed by atoms with Gasteiger partial charge in [-0.2, -0.15) is 10.5 Å². The maximum Gasteiger partial charge on any atom is 0.224 e. The minimum absolute atomic E-state index is 0.0152. The highest BCUT2D eigenvalue weighted by atomic mass is 35.5. The van der Waals surface area contributed by atoms with Gasteiger partial charge < -0.3 is 15.4 Å². The first-order valence-electron chi connectivity index (χ1n) is 10.8. The Balaban J connectivity index is 1.65. The second kappa shape index (κ2) is 9.71. The van der Waals surface area contributed by atoms with Crippen LogP contribution in [0.15, 0.2) is 36.4 Å². The third-order valence-electron chi connectivity index (χ3n) is 6.33. The zero-order valence-corrected chi connectivity index (χ0v) is 18.5. The summed E-state index contributed by atoms with van der Waals surface area (Å²) < 4.78 is 5.44. The van der Waals surface area contributed by atoms with Crippen molar-refractivity contribution in [1.82, 2.24) is 10.6 Å². The maximum atomic E-state index is 12.4. The highest BCUT2D eigenvalue weighted by Gasteiger charge is 2.44. The lowest BCUT2D eigenvalue weighted by Crippen LogP contribution is -2.47. The van der Waals surface area contributed by atoms with Crippen LogP contribution in [-0.2, 0) is 27.8 Å². The van der Waals surface area contributed by atoms with E-state index in [0.717, 1.165) is 35.2 Å². The number of rotatable bonds is 7. The number of nitrogens with zero attached hydrogens (tertiary/aromatic N) is 2. The van der Waals surface area contributed by atoms with Crippen LogP contribution in [0.2, 0.25) is 5.02 Å². The van der Waals surface area contributed by atoms with Gasteiger partial charge in [-0.1, -0.05) is 29.8 Å². The smallest absolute Gasteiger partial charge is 0.224 e. The molecule has 0 aromatic heterocycles. The molecule has 0 saturated carbocycles. The van der Waals surface area contributed by atoms with Crippen molar-refractivity contribution < 1.29 is 9.53 Å². The molecule has 1 amide bonds. The molecule has 2 aliphatic rings. The first-order valence-corrected chi connectivity index (χ1v) is 11.2. The molecule has 0 unspecified atom stereocenters. The number of nitrogens with one attached hydrogen (secondary N) is 2. The van der Waals surface area contributed by atoms with Gasteiger partial charge in [0.15, 0.2) is 0 Å². The Morgan fingerprint density at radius 3 is 2.59 bits per heavy atom. The second-order valence-corrected chi connectivity index (χ2v) is 8.89. The average molecular weight is 449 g/mol. The number of carbonyl (C=O) groups is 1. The number of benzene rings is 2. The van der Waals surface area contributed by atoms with Crippen LogP contribution in [0.4, 0.5) is 0 Å². The fourth-order valence-electron chi connectivity index (χ4n) is 4.51. The Morgan fingerprint density at radius 2 is 2.00 bits per heavy atom. The van der Waals surface area contributed by atoms with Gasteiger partial charge in [0, 0.05) is 18.1 Å². The van der Waals surface area contributed by atoms with E-state index in [4.69, 9.17) is 16.3 Å². The van der Waals surface area contributed by atoms with Gasteiger partial charge in [-0.25, -0.2) is 0 Å². The summed E-state index contributed by atoms with van der Waals surface area (Å²) in [7, 11) is 0. The number of amides is 1. The summed E-state index contributed by atoms with van der Waals surface area (Å²) >= 11 is 6.04. The van der Waals surface area contributed by atoms with Gasteiger partial charge in [-0.15, -0.1) is 0 Å². The predicted molar refractivity (Wildman–Crippen MR) is 121 cm³/mol. The van der Waals surface area contributed by atoms with Gasteiger partial charge in [0.25, 0.3) is 0 Å². The van der Waals surface area contributed by atoms with E-state index in [1.54, 1.807) is 0 Å². The normalized spacial score (nSPS) is 18.9. The van der Waals surface area contributed by atoms with Crippen LogP contribution in [0.3, 0.4) is 0 Å². The molecule has 4 rings (SSSR count). The zero-order chi connectivity index (χ0) is 22.6. The Kier molecular flexibility index (Phi) is 6.77. The Hall–Kier alpha value is -2.90. The number of hydrogen-bond acceptors (Lipinski definition) is 5. The van der Waals surface area contributed by atoms with Gasteiger partial charge in [0.1, 0.15) is 5.41 Å². The zero-order valence-electron chi connectivity index (χ0n) is 17.8. The summed E-state index contributed by atoms with van der Waals surface area (Å²) in [5, 5.41) is 26.8. The largest absolute Gasteiger partial charge is 0.377 e. The minimum atomic E-state index is -0.774. The van der Waals surface area contributed by atoms with Crippen molar-refractivity contribution in [1.29, 1.82) is 10.5 Å². The van der Waals surface area contributed by atoms with E-state index in [1.807, 2.05) is 36.4 Å². The van der Waals surface area contributed by atoms with Crippen LogP contribution in [0.1, 0.15) is 34.2 Å². The predicted octanol–water partition coefficient (Wildman–Crippen LogP) is 2.86. The lowest BCUT2D eigenvalue weighted by Gasteiger charge is -2.38. The number of halogens is 1. The number of ether oxygens (including phenoxy) is 1. The van der Waals surface area contributed by atoms with Crippen molar-refractivity contribution in [3.8, 4) is 12.1 Å². The summed E-state index contributed by atoms with van der Waals surface area (Å²) in [5.41, 5.74) is 3.49. The van der Waals surface area contributed by atoms with Crippen LogP contribution < -0.4 is 10.6 Å². The molecule has 2 aromatic carbocycles. The first kappa shape index (κ1) is 22.3. The van der Waals surface area contributed by atoms with Gasteiger partial charge in [0.05, 0.1) is 36.8 Å². The van der Waals surface area contributed by atoms with E-state index in [9.17, 15) is 15.3 Å². The van der Waals surface area contributed by atoms with Crippen LogP contribution in [0, 0.1) is 28.6 Å². The van der Waals surface area contributed by atoms with Crippen molar-refractivity contribution in [3.63, 3.8) is 0 Å². The standard InChI is InChI=1S/C25H25ClN4O2/c26-21-5-1-17(2-6-21)11-22-19(12-27)4-3-18(23(22)25(14-28)15-32-16-25)8-10-30-24(31)20-7-9-29-13-20/h1-6,20,29H,7-11,13,15-16H2,(H,30,31)/t20-/m1/s1. The molecule has 164 valence electrons. The van der Waals surface area contributed by atoms with Gasteiger partial charge in [-0.05, 0) is 66.3 Å². The third kappa shape index (κ3) is 4.49. The van der Waals surface area contributed by atoms with Crippen LogP contribution in [-0.4, -0.2) is 38.8 Å². The fourth-order valence-corrected chi connectivity index (χ4v) is 4.64. The highest BCUT2D eigenvalue weighted by Crippen LogP contribution is 2.39. The minimum Gasteiger partial charge on any atom is -0.377 e. The summed E-state index contributed by atoms with van der Waals surface area (Å²) in [5.74, 6) is 0.0786. The summed E-state index contributed by atoms with van der Waals surface area (Å²) in [6.07, 6.45) is 1.96. The summed E-state index contributed by atoms with van der Waals surface area (Å²) in [4.78, 5) is 12.4. The lowest BCUT2D eigenvalue weighted by molar-refractivity contribution is -0.124. The molecule has 2 aliphatic heterocycles. The molecule has 2 fully saturated rings. The van der Waals surface area contributed by atoms with E-state index < -0.39 is 5.41 Å². The van der Waals surface area contributed by atoms with Gasteiger partial charge in [0.2, 0.25) is 5.91 Å². The average Bonchev–Trinajstić information content (AvgIpc) is 3.31. The van der Waals surface area contributed by atoms with E-state index in [-0.39, 0.29) is 11.8 Å². The van der Waals surface area contributed by atoms with Gasteiger partial charge in [-0.3, -0.25) is 4.79 Å². The first-order chi connectivity index (χ1) is 15.6. The molecule has 0 spiro atoms. The molecule has 2 N–H and O–H groups in total. The molecule has 6 nitrogen and oxygen atoms in total. The number of nitriles is 2. The molecule has 7 heteroatoms. The Labute approximate surface area is 193 Å². The molecular weight excluding hydrogens is 424 g/mol. The van der Waals surface area contributed by atoms with Crippen molar-refractivity contribution in [2.45, 2.75) is 24.7 Å². The van der Waals surface area contributed by atoms with Crippen molar-refractivity contribution in [2.24, 2.45) is 5.92 Å². The second-order valence-electron chi connectivity index (χ2n) is 8.46. The number of hydrogen-bond donors (Lipinski definition) is 2. The van der Waals surface area contributed by atoms with Gasteiger partial charge >= 0.3 is 0 Å². The van der Waals surface area contributed by atoms with E-state index in [2.05, 4.69) is 22.8 Å². The monoisotopic (exact) mass is 448 g/mol. The SMILES string of the molecule is N#Cc1ccc(CCNC(=O)[C@@H]2CCNC2)c(C2(C#N)COC2)c1Cc1ccc(Cl)cc1. The van der Waals surface area contributed by atoms with Crippen LogP contribution >= 0.6 is 11.6 Å². The van der Waals surface area contributed by atoms with E-state index in [1.165, 1.54) is 0 Å². The third-order valence-corrected chi connectivity index (χ3v) is 6.58. The fraction of sp³-hybridized carbons (Fsp3) is 0.400. The molecule has 0 bridgehead atoms. The number of carbonyl (C=O) groups excluding carboxylic acids is 1. The lowest BCUT2D eigenvalue weighted by atomic mass is 9.72. The van der Waals surface area contributed by atoms with Crippen LogP contribution in [0.25, 0.3) is 0 Å². The van der Waals surface area contributed by atoms with Crippen molar-refractivity contribution in [3.05, 3.63) is 69.2 Å². The Morgan fingerprint density at radius 1 is 1.22 bits per heavy atom. The summed E-state index contributed by atoms with van der Waals surface area (Å²) in [6.45, 7) is 2.68. The molecule has 1 atom stereocenters. The molecule has 0 aliphatic carbocycles. The molecule has 32 heavy (non-hydrogen) atoms. The maximum absolute atomic E-state index is 12.4. The quantitative estimate of drug-likeness (QED) is 0.678. The summed E-state index contributed by atoms with van der Waals surface area (Å²) in [6, 6.07) is 16.0. The molecule has 2 saturated heterocycles. The molecule has 2 heterocycles. The molecule has 2 aromatic rings.